The maximum Gasteiger partial charge on any atom is 0.160 e. The molecule has 0 aliphatic heterocycles. The molecule has 0 atom stereocenters. The molecule has 0 unspecified atom stereocenters. The molecule has 1 aromatic heterocycles. The summed E-state index contributed by atoms with van der Waals surface area (Å²) in [6.45, 7) is 14.4. The van der Waals surface area contributed by atoms with Gasteiger partial charge in [-0.3, -0.25) is 0 Å². The quantitative estimate of drug-likeness (QED) is 0.389. The summed E-state index contributed by atoms with van der Waals surface area (Å²) in [5.74, 6) is 0.810. The molecular formula is C24H31ClN2Si. The zero-order valence-corrected chi connectivity index (χ0v) is 19.6. The number of hydrogen-bond acceptors (Lipinski definition) is 2. The van der Waals surface area contributed by atoms with Crippen LogP contribution in [0.25, 0.3) is 22.3 Å². The average molecular weight is 411 g/mol. The Morgan fingerprint density at radius 3 is 2.00 bits per heavy atom. The minimum absolute atomic E-state index is 0.678. The van der Waals surface area contributed by atoms with Crippen LogP contribution in [0.4, 0.5) is 0 Å². The van der Waals surface area contributed by atoms with E-state index in [0.29, 0.717) is 16.6 Å². The molecule has 3 rings (SSSR count). The van der Waals surface area contributed by atoms with Crippen LogP contribution >= 0.6 is 11.6 Å². The number of halogens is 1. The first-order valence-electron chi connectivity index (χ1n) is 10.3. The molecule has 0 saturated carbocycles. The van der Waals surface area contributed by atoms with Crippen LogP contribution in [0.2, 0.25) is 21.6 Å². The van der Waals surface area contributed by atoms with Gasteiger partial charge in [0.1, 0.15) is 0 Å². The number of hydrogen-bond donors (Lipinski definition) is 0. The Morgan fingerprint density at radius 2 is 1.43 bits per heavy atom. The van der Waals surface area contributed by atoms with Gasteiger partial charge in [0.25, 0.3) is 0 Å². The summed E-state index contributed by atoms with van der Waals surface area (Å²) >= 11 is 6.36. The summed E-state index contributed by atoms with van der Waals surface area (Å²) in [6.07, 6.45) is 0. The zero-order chi connectivity index (χ0) is 20.5. The van der Waals surface area contributed by atoms with Gasteiger partial charge in [0.15, 0.2) is 5.82 Å². The fourth-order valence-electron chi connectivity index (χ4n) is 4.92. The molecule has 3 aromatic rings. The summed E-state index contributed by atoms with van der Waals surface area (Å²) in [5.41, 5.74) is 5.23. The Labute approximate surface area is 175 Å². The molecule has 2 aromatic carbocycles. The average Bonchev–Trinajstić information content (AvgIpc) is 2.65. The third-order valence-corrected chi connectivity index (χ3v) is 14.1. The highest BCUT2D eigenvalue weighted by molar-refractivity contribution is 6.83. The maximum absolute atomic E-state index is 6.36. The van der Waals surface area contributed by atoms with Crippen LogP contribution in [0.5, 0.6) is 0 Å². The Hall–Kier alpha value is -1.71. The number of fused-ring (bicyclic) bond motifs is 1. The van der Waals surface area contributed by atoms with Crippen molar-refractivity contribution in [1.82, 2.24) is 9.97 Å². The van der Waals surface area contributed by atoms with E-state index in [4.69, 9.17) is 21.6 Å². The molecule has 0 N–H and O–H groups in total. The highest BCUT2D eigenvalue weighted by atomic mass is 35.5. The Balaban J connectivity index is 2.24. The van der Waals surface area contributed by atoms with E-state index in [1.54, 1.807) is 0 Å². The fourth-order valence-corrected chi connectivity index (χ4v) is 11.2. The summed E-state index contributed by atoms with van der Waals surface area (Å²) in [4.78, 5) is 9.97. The van der Waals surface area contributed by atoms with Crippen LogP contribution in [0.15, 0.2) is 48.5 Å². The molecule has 0 spiro atoms. The lowest BCUT2D eigenvalue weighted by Gasteiger charge is -2.43. The standard InChI is InChI=1S/C24H31ClN2Si/c1-16(2)28(17(3)4,18(5)6)15-23-21-14-20(25)12-13-22(21)26-24(27-23)19-10-8-7-9-11-19/h7-14,16-18H,15H2,1-6H3. The van der Waals surface area contributed by atoms with Gasteiger partial charge in [0.05, 0.1) is 13.6 Å². The van der Waals surface area contributed by atoms with Crippen LogP contribution in [-0.2, 0) is 6.04 Å². The van der Waals surface area contributed by atoms with Crippen LogP contribution in [0, 0.1) is 0 Å². The van der Waals surface area contributed by atoms with Gasteiger partial charge in [0.2, 0.25) is 0 Å². The lowest BCUT2D eigenvalue weighted by Crippen LogP contribution is -2.47. The Morgan fingerprint density at radius 1 is 0.821 bits per heavy atom. The summed E-state index contributed by atoms with van der Waals surface area (Å²) in [7, 11) is -1.66. The van der Waals surface area contributed by atoms with E-state index in [-0.39, 0.29) is 0 Å². The highest BCUT2D eigenvalue weighted by Gasteiger charge is 2.43. The van der Waals surface area contributed by atoms with Crippen molar-refractivity contribution in [2.24, 2.45) is 0 Å². The van der Waals surface area contributed by atoms with Crippen molar-refractivity contribution in [3.05, 3.63) is 59.2 Å². The molecule has 1 heterocycles. The van der Waals surface area contributed by atoms with Gasteiger partial charge in [-0.1, -0.05) is 100 Å². The summed E-state index contributed by atoms with van der Waals surface area (Å²) in [6, 6.07) is 17.3. The molecule has 0 aliphatic rings. The molecule has 0 bridgehead atoms. The van der Waals surface area contributed by atoms with Crippen molar-refractivity contribution in [3.8, 4) is 11.4 Å². The molecule has 0 fully saturated rings. The van der Waals surface area contributed by atoms with Crippen molar-refractivity contribution >= 4 is 30.6 Å². The van der Waals surface area contributed by atoms with Crippen LogP contribution < -0.4 is 0 Å². The summed E-state index contributed by atoms with van der Waals surface area (Å²) in [5, 5.41) is 1.85. The van der Waals surface area contributed by atoms with E-state index >= 15 is 0 Å². The third-order valence-electron chi connectivity index (χ3n) is 6.47. The number of benzene rings is 2. The van der Waals surface area contributed by atoms with Crippen LogP contribution in [-0.4, -0.2) is 18.0 Å². The smallest absolute Gasteiger partial charge is 0.160 e. The van der Waals surface area contributed by atoms with Gasteiger partial charge >= 0.3 is 0 Å². The van der Waals surface area contributed by atoms with Gasteiger partial charge in [-0.15, -0.1) is 0 Å². The number of rotatable bonds is 6. The van der Waals surface area contributed by atoms with Gasteiger partial charge < -0.3 is 0 Å². The SMILES string of the molecule is CC(C)[Si](Cc1nc(-c2ccccc2)nc2ccc(Cl)cc12)(C(C)C)C(C)C. The van der Waals surface area contributed by atoms with E-state index in [0.717, 1.165) is 39.1 Å². The van der Waals surface area contributed by atoms with Crippen molar-refractivity contribution in [2.75, 3.05) is 0 Å². The zero-order valence-electron chi connectivity index (χ0n) is 17.8. The van der Waals surface area contributed by atoms with Crippen molar-refractivity contribution < 1.29 is 0 Å². The Kier molecular flexibility index (Phi) is 6.26. The van der Waals surface area contributed by atoms with E-state index in [1.165, 1.54) is 0 Å². The Bertz CT molecular complexity index is 930. The minimum Gasteiger partial charge on any atom is -0.233 e. The van der Waals surface area contributed by atoms with Gasteiger partial charge in [-0.2, -0.15) is 0 Å². The van der Waals surface area contributed by atoms with E-state index in [1.807, 2.05) is 36.4 Å². The molecule has 2 nitrogen and oxygen atoms in total. The second-order valence-electron chi connectivity index (χ2n) is 8.77. The minimum atomic E-state index is -1.66. The van der Waals surface area contributed by atoms with Crippen molar-refractivity contribution in [1.29, 1.82) is 0 Å². The lowest BCUT2D eigenvalue weighted by molar-refractivity contribution is 0.793. The molecular weight excluding hydrogens is 380 g/mol. The molecule has 0 radical (unpaired) electrons. The third kappa shape index (κ3) is 3.88. The lowest BCUT2D eigenvalue weighted by atomic mass is 10.1. The first kappa shape index (κ1) is 21.0. The predicted octanol–water partition coefficient (Wildman–Crippen LogP) is 7.71. The maximum atomic E-state index is 6.36. The topological polar surface area (TPSA) is 25.8 Å². The van der Waals surface area contributed by atoms with Gasteiger partial charge in [-0.25, -0.2) is 9.97 Å². The monoisotopic (exact) mass is 410 g/mol. The highest BCUT2D eigenvalue weighted by Crippen LogP contribution is 2.44. The normalized spacial score (nSPS) is 12.5. The molecule has 4 heteroatoms. The molecule has 28 heavy (non-hydrogen) atoms. The van der Waals surface area contributed by atoms with Gasteiger partial charge in [-0.05, 0) is 24.2 Å². The largest absolute Gasteiger partial charge is 0.233 e. The number of aromatic nitrogens is 2. The molecule has 0 amide bonds. The number of nitrogens with zero attached hydrogens (tertiary/aromatic N) is 2. The van der Waals surface area contributed by atoms with E-state index in [9.17, 15) is 0 Å². The van der Waals surface area contributed by atoms with E-state index in [2.05, 4.69) is 53.7 Å². The second kappa shape index (κ2) is 8.34. The molecule has 0 aliphatic carbocycles. The molecule has 148 valence electrons. The molecule has 0 saturated heterocycles. The first-order chi connectivity index (χ1) is 13.3. The van der Waals surface area contributed by atoms with Crippen LogP contribution in [0.1, 0.15) is 47.2 Å². The van der Waals surface area contributed by atoms with Crippen molar-refractivity contribution in [2.45, 2.75) is 64.2 Å². The summed E-state index contributed by atoms with van der Waals surface area (Å²) < 4.78 is 0. The van der Waals surface area contributed by atoms with E-state index < -0.39 is 8.07 Å². The first-order valence-corrected chi connectivity index (χ1v) is 13.1. The predicted molar refractivity (Wildman–Crippen MR) is 125 cm³/mol. The fraction of sp³-hybridized carbons (Fsp3) is 0.417. The van der Waals surface area contributed by atoms with Gasteiger partial charge in [0, 0.05) is 21.7 Å². The van der Waals surface area contributed by atoms with Crippen LogP contribution in [0.3, 0.4) is 0 Å². The second-order valence-corrected chi connectivity index (χ2v) is 15.3. The van der Waals surface area contributed by atoms with Crippen molar-refractivity contribution in [3.63, 3.8) is 0 Å².